The van der Waals surface area contributed by atoms with E-state index >= 15 is 0 Å². The number of methoxy groups -OCH3 is 1. The average Bonchev–Trinajstić information content (AvgIpc) is 1.99. The van der Waals surface area contributed by atoms with E-state index in [4.69, 9.17) is 9.47 Å². The maximum Gasteiger partial charge on any atom is 0.0704 e. The van der Waals surface area contributed by atoms with Gasteiger partial charge in [0.05, 0.1) is 19.3 Å². The molecule has 0 aliphatic heterocycles. The Morgan fingerprint density at radius 1 is 1.31 bits per heavy atom. The second-order valence-corrected chi connectivity index (χ2v) is 3.98. The molecule has 78 valence electrons. The zero-order valence-electron chi connectivity index (χ0n) is 8.88. The van der Waals surface area contributed by atoms with Crippen molar-refractivity contribution < 1.29 is 9.47 Å². The summed E-state index contributed by atoms with van der Waals surface area (Å²) < 4.78 is 10.5. The number of rotatable bonds is 6. The quantitative estimate of drug-likeness (QED) is 0.633. The first kappa shape index (κ1) is 11.0. The van der Waals surface area contributed by atoms with Crippen molar-refractivity contribution in [1.29, 1.82) is 0 Å². The average molecular weight is 187 g/mol. The van der Waals surface area contributed by atoms with Crippen LogP contribution in [0, 0.1) is 0 Å². The third-order valence-electron chi connectivity index (χ3n) is 2.30. The van der Waals surface area contributed by atoms with Crippen LogP contribution >= 0.6 is 0 Å². The largest absolute Gasteiger partial charge is 0.382 e. The molecule has 0 aromatic heterocycles. The molecule has 1 aliphatic rings. The van der Waals surface area contributed by atoms with E-state index < -0.39 is 0 Å². The van der Waals surface area contributed by atoms with Crippen LogP contribution in [0.3, 0.4) is 0 Å². The Labute approximate surface area is 80.8 Å². The monoisotopic (exact) mass is 187 g/mol. The fourth-order valence-electron chi connectivity index (χ4n) is 1.61. The van der Waals surface area contributed by atoms with Crippen LogP contribution in [0.2, 0.25) is 0 Å². The number of hydrogen-bond acceptors (Lipinski definition) is 3. The lowest BCUT2D eigenvalue weighted by atomic mass is 9.89. The molecule has 0 aromatic rings. The highest BCUT2D eigenvalue weighted by Gasteiger charge is 2.29. The van der Waals surface area contributed by atoms with Gasteiger partial charge in [-0.05, 0) is 12.8 Å². The maximum absolute atomic E-state index is 5.57. The molecule has 1 aliphatic carbocycles. The summed E-state index contributed by atoms with van der Waals surface area (Å²) in [6, 6.07) is 1.26. The molecule has 0 radical (unpaired) electrons. The van der Waals surface area contributed by atoms with Crippen LogP contribution in [0.25, 0.3) is 0 Å². The molecule has 0 amide bonds. The van der Waals surface area contributed by atoms with E-state index in [1.54, 1.807) is 7.11 Å². The highest BCUT2D eigenvalue weighted by atomic mass is 16.5. The highest BCUT2D eigenvalue weighted by molar-refractivity contribution is 4.86. The zero-order valence-corrected chi connectivity index (χ0v) is 8.88. The first-order valence-corrected chi connectivity index (χ1v) is 5.09. The molecule has 1 fully saturated rings. The van der Waals surface area contributed by atoms with Crippen molar-refractivity contribution in [3.8, 4) is 0 Å². The summed E-state index contributed by atoms with van der Waals surface area (Å²) in [5.41, 5.74) is 0. The molecule has 3 heteroatoms. The van der Waals surface area contributed by atoms with Gasteiger partial charge in [-0.3, -0.25) is 0 Å². The molecule has 1 rings (SSSR count). The van der Waals surface area contributed by atoms with Crippen LogP contribution in [0.15, 0.2) is 0 Å². The van der Waals surface area contributed by atoms with Crippen molar-refractivity contribution in [2.24, 2.45) is 0 Å². The second-order valence-electron chi connectivity index (χ2n) is 3.98. The van der Waals surface area contributed by atoms with Crippen molar-refractivity contribution in [2.45, 2.75) is 44.9 Å². The fraction of sp³-hybridized carbons (Fsp3) is 1.00. The molecule has 3 nitrogen and oxygen atoms in total. The van der Waals surface area contributed by atoms with Gasteiger partial charge < -0.3 is 14.8 Å². The van der Waals surface area contributed by atoms with Crippen molar-refractivity contribution in [3.05, 3.63) is 0 Å². The van der Waals surface area contributed by atoms with Gasteiger partial charge in [0.15, 0.2) is 0 Å². The Morgan fingerprint density at radius 2 is 2.00 bits per heavy atom. The summed E-state index contributed by atoms with van der Waals surface area (Å²) in [4.78, 5) is 0. The summed E-state index contributed by atoms with van der Waals surface area (Å²) in [5, 5.41) is 3.49. The molecule has 0 heterocycles. The van der Waals surface area contributed by atoms with Gasteiger partial charge in [0.25, 0.3) is 0 Å². The summed E-state index contributed by atoms with van der Waals surface area (Å²) >= 11 is 0. The van der Waals surface area contributed by atoms with Crippen LogP contribution in [0.1, 0.15) is 26.7 Å². The van der Waals surface area contributed by atoms with Crippen LogP contribution in [-0.4, -0.2) is 38.5 Å². The minimum Gasteiger partial charge on any atom is -0.382 e. The molecule has 0 atom stereocenters. The summed E-state index contributed by atoms with van der Waals surface area (Å²) in [5.74, 6) is 0. The van der Waals surface area contributed by atoms with Crippen molar-refractivity contribution >= 4 is 0 Å². The van der Waals surface area contributed by atoms with E-state index in [-0.39, 0.29) is 0 Å². The third-order valence-corrected chi connectivity index (χ3v) is 2.30. The van der Waals surface area contributed by atoms with Crippen LogP contribution in [0.5, 0.6) is 0 Å². The Balaban J connectivity index is 1.92. The highest BCUT2D eigenvalue weighted by Crippen LogP contribution is 2.23. The number of ether oxygens (including phenoxy) is 2. The lowest BCUT2D eigenvalue weighted by molar-refractivity contribution is -0.0368. The van der Waals surface area contributed by atoms with Crippen molar-refractivity contribution in [1.82, 2.24) is 5.32 Å². The second kappa shape index (κ2) is 5.58. The van der Waals surface area contributed by atoms with E-state index in [0.29, 0.717) is 24.8 Å². The summed E-state index contributed by atoms with van der Waals surface area (Å²) in [6.07, 6.45) is 2.77. The molecular formula is C10H21NO2. The van der Waals surface area contributed by atoms with Crippen LogP contribution in [-0.2, 0) is 9.47 Å². The lowest BCUT2D eigenvalue weighted by Gasteiger charge is -2.36. The predicted molar refractivity (Wildman–Crippen MR) is 52.9 cm³/mol. The van der Waals surface area contributed by atoms with Gasteiger partial charge in [-0.25, -0.2) is 0 Å². The van der Waals surface area contributed by atoms with E-state index in [2.05, 4.69) is 19.2 Å². The number of nitrogens with one attached hydrogen (secondary N) is 1. The summed E-state index contributed by atoms with van der Waals surface area (Å²) in [7, 11) is 1.70. The van der Waals surface area contributed by atoms with Gasteiger partial charge in [-0.1, -0.05) is 13.8 Å². The standard InChI is InChI=1S/C10H21NO2/c1-8(2)11-9-6-10(7-9)13-5-4-12-3/h8-11H,4-7H2,1-3H3/t9-,10-. The number of hydrogen-bond donors (Lipinski definition) is 1. The van der Waals surface area contributed by atoms with Crippen LogP contribution < -0.4 is 5.32 Å². The Hall–Kier alpha value is -0.120. The molecule has 0 bridgehead atoms. The molecule has 13 heavy (non-hydrogen) atoms. The van der Waals surface area contributed by atoms with E-state index in [1.165, 1.54) is 0 Å². The topological polar surface area (TPSA) is 30.5 Å². The fourth-order valence-corrected chi connectivity index (χ4v) is 1.61. The minimum atomic E-state index is 0.464. The molecule has 0 spiro atoms. The predicted octanol–water partition coefficient (Wildman–Crippen LogP) is 1.18. The zero-order chi connectivity index (χ0) is 9.68. The Bertz CT molecular complexity index is 133. The smallest absolute Gasteiger partial charge is 0.0704 e. The normalized spacial score (nSPS) is 27.7. The van der Waals surface area contributed by atoms with Crippen molar-refractivity contribution in [3.63, 3.8) is 0 Å². The summed E-state index contributed by atoms with van der Waals surface area (Å²) in [6.45, 7) is 5.80. The molecule has 0 saturated heterocycles. The Kier molecular flexibility index (Phi) is 4.70. The Morgan fingerprint density at radius 3 is 2.54 bits per heavy atom. The molecule has 0 unspecified atom stereocenters. The van der Waals surface area contributed by atoms with Gasteiger partial charge in [0.1, 0.15) is 0 Å². The molecule has 1 N–H and O–H groups in total. The van der Waals surface area contributed by atoms with Gasteiger partial charge >= 0.3 is 0 Å². The molecule has 0 aromatic carbocycles. The van der Waals surface area contributed by atoms with E-state index in [0.717, 1.165) is 19.4 Å². The van der Waals surface area contributed by atoms with Gasteiger partial charge in [0, 0.05) is 19.2 Å². The van der Waals surface area contributed by atoms with Gasteiger partial charge in [-0.15, -0.1) is 0 Å². The maximum atomic E-state index is 5.57. The van der Waals surface area contributed by atoms with E-state index in [1.807, 2.05) is 0 Å². The first-order chi connectivity index (χ1) is 6.22. The minimum absolute atomic E-state index is 0.464. The lowest BCUT2D eigenvalue weighted by Crippen LogP contribution is -2.48. The first-order valence-electron chi connectivity index (χ1n) is 5.09. The SMILES string of the molecule is COCCO[C@H]1C[C@H](NC(C)C)C1. The third kappa shape index (κ3) is 4.07. The van der Waals surface area contributed by atoms with Gasteiger partial charge in [-0.2, -0.15) is 0 Å². The van der Waals surface area contributed by atoms with Crippen molar-refractivity contribution in [2.75, 3.05) is 20.3 Å². The van der Waals surface area contributed by atoms with E-state index in [9.17, 15) is 0 Å². The van der Waals surface area contributed by atoms with Gasteiger partial charge in [0.2, 0.25) is 0 Å². The molecular weight excluding hydrogens is 166 g/mol. The van der Waals surface area contributed by atoms with Crippen LogP contribution in [0.4, 0.5) is 0 Å². The molecule has 1 saturated carbocycles.